The van der Waals surface area contributed by atoms with Crippen LogP contribution in [0.4, 0.5) is 5.69 Å². The molecule has 0 bridgehead atoms. The number of carbonyl (C=O) groups is 1. The van der Waals surface area contributed by atoms with Gasteiger partial charge in [-0.05, 0) is 29.8 Å². The molecule has 0 aliphatic heterocycles. The number of carboxylic acid groups (broad SMARTS) is 1. The van der Waals surface area contributed by atoms with Crippen molar-refractivity contribution in [1.82, 2.24) is 0 Å². The summed E-state index contributed by atoms with van der Waals surface area (Å²) in [6.45, 7) is -0.0686. The smallest absolute Gasteiger partial charge is 0.338 e. The van der Waals surface area contributed by atoms with Gasteiger partial charge in [-0.2, -0.15) is 0 Å². The molecule has 3 aromatic rings. The number of ether oxygens (including phenoxy) is 1. The summed E-state index contributed by atoms with van der Waals surface area (Å²) in [4.78, 5) is 12.0. The number of thiophene rings is 1. The summed E-state index contributed by atoms with van der Waals surface area (Å²) in [5.41, 5.74) is 0.524. The SMILES string of the molecule is C#Cc1scc(C(=O)O)c1N(Cc1ccccc1)S(=O)(=O)c1ccc(OC)cc1. The van der Waals surface area contributed by atoms with Gasteiger partial charge >= 0.3 is 5.97 Å². The molecule has 1 aromatic heterocycles. The van der Waals surface area contributed by atoms with Crippen molar-refractivity contribution in [2.75, 3.05) is 11.4 Å². The maximum atomic E-state index is 13.5. The van der Waals surface area contributed by atoms with E-state index in [1.807, 2.05) is 6.07 Å². The molecule has 1 N–H and O–H groups in total. The topological polar surface area (TPSA) is 83.9 Å². The van der Waals surface area contributed by atoms with E-state index in [4.69, 9.17) is 11.2 Å². The third-order valence-electron chi connectivity index (χ3n) is 4.19. The first-order valence-corrected chi connectivity index (χ1v) is 10.7. The number of methoxy groups -OCH3 is 1. The summed E-state index contributed by atoms with van der Waals surface area (Å²) in [6.07, 6.45) is 5.54. The number of benzene rings is 2. The minimum absolute atomic E-state index is 0.000240. The van der Waals surface area contributed by atoms with E-state index in [-0.39, 0.29) is 27.6 Å². The molecule has 0 spiro atoms. The Morgan fingerprint density at radius 1 is 1.17 bits per heavy atom. The van der Waals surface area contributed by atoms with Crippen LogP contribution in [-0.2, 0) is 16.6 Å². The quantitative estimate of drug-likeness (QED) is 0.580. The van der Waals surface area contributed by atoms with Gasteiger partial charge in [0.05, 0.1) is 29.8 Å². The summed E-state index contributed by atoms with van der Waals surface area (Å²) < 4.78 is 33.2. The highest BCUT2D eigenvalue weighted by molar-refractivity contribution is 7.92. The molecule has 0 unspecified atom stereocenters. The first kappa shape index (κ1) is 20.5. The Labute approximate surface area is 173 Å². The van der Waals surface area contributed by atoms with E-state index in [1.165, 1.54) is 36.8 Å². The fourth-order valence-electron chi connectivity index (χ4n) is 2.76. The Morgan fingerprint density at radius 2 is 1.83 bits per heavy atom. The van der Waals surface area contributed by atoms with Crippen molar-refractivity contribution in [2.45, 2.75) is 11.4 Å². The second-order valence-corrected chi connectivity index (χ2v) is 8.69. The van der Waals surface area contributed by atoms with Crippen molar-refractivity contribution >= 4 is 33.0 Å². The van der Waals surface area contributed by atoms with Crippen LogP contribution in [0, 0.1) is 12.3 Å². The molecule has 2 aromatic carbocycles. The van der Waals surface area contributed by atoms with Crippen LogP contribution in [0.5, 0.6) is 5.75 Å². The van der Waals surface area contributed by atoms with Gasteiger partial charge < -0.3 is 9.84 Å². The van der Waals surface area contributed by atoms with Gasteiger partial charge in [-0.1, -0.05) is 36.3 Å². The molecule has 1 heterocycles. The van der Waals surface area contributed by atoms with Crippen LogP contribution in [0.2, 0.25) is 0 Å². The molecule has 8 heteroatoms. The summed E-state index contributed by atoms with van der Waals surface area (Å²) in [6, 6.07) is 14.8. The standard InChI is InChI=1S/C21H17NO5S2/c1-3-19-20(18(14-28-19)21(23)24)22(13-15-7-5-4-6-8-15)29(25,26)17-11-9-16(27-2)10-12-17/h1,4-12,14H,13H2,2H3,(H,23,24). The van der Waals surface area contributed by atoms with Gasteiger partial charge in [0.25, 0.3) is 10.0 Å². The molecule has 0 aliphatic rings. The van der Waals surface area contributed by atoms with Gasteiger partial charge in [0.1, 0.15) is 10.6 Å². The van der Waals surface area contributed by atoms with E-state index in [0.29, 0.717) is 11.3 Å². The number of terminal acetylenes is 1. The Hall–Kier alpha value is -3.28. The minimum atomic E-state index is -4.11. The number of hydrogen-bond donors (Lipinski definition) is 1. The summed E-state index contributed by atoms with van der Waals surface area (Å²) in [7, 11) is -2.63. The summed E-state index contributed by atoms with van der Waals surface area (Å²) >= 11 is 1.02. The molecule has 6 nitrogen and oxygen atoms in total. The molecular weight excluding hydrogens is 410 g/mol. The van der Waals surface area contributed by atoms with Gasteiger partial charge in [0, 0.05) is 5.38 Å². The Kier molecular flexibility index (Phi) is 5.92. The molecule has 0 fully saturated rings. The fourth-order valence-corrected chi connectivity index (χ4v) is 5.15. The van der Waals surface area contributed by atoms with Gasteiger partial charge in [0.15, 0.2) is 0 Å². The maximum Gasteiger partial charge on any atom is 0.338 e. The lowest BCUT2D eigenvalue weighted by Gasteiger charge is -2.25. The zero-order chi connectivity index (χ0) is 21.0. The van der Waals surface area contributed by atoms with Crippen molar-refractivity contribution in [2.24, 2.45) is 0 Å². The monoisotopic (exact) mass is 427 g/mol. The van der Waals surface area contributed by atoms with Gasteiger partial charge in [-0.25, -0.2) is 13.2 Å². The van der Waals surface area contributed by atoms with Crippen LogP contribution >= 0.6 is 11.3 Å². The number of hydrogen-bond acceptors (Lipinski definition) is 5. The molecule has 29 heavy (non-hydrogen) atoms. The molecule has 0 atom stereocenters. The molecule has 0 saturated heterocycles. The Morgan fingerprint density at radius 3 is 2.38 bits per heavy atom. The van der Waals surface area contributed by atoms with Crippen LogP contribution in [0.1, 0.15) is 20.8 Å². The van der Waals surface area contributed by atoms with Crippen molar-refractivity contribution in [3.05, 3.63) is 76.0 Å². The Balaban J connectivity index is 2.20. The number of rotatable bonds is 7. The molecule has 3 rings (SSSR count). The highest BCUT2D eigenvalue weighted by Gasteiger charge is 2.32. The highest BCUT2D eigenvalue weighted by Crippen LogP contribution is 2.36. The lowest BCUT2D eigenvalue weighted by Crippen LogP contribution is -2.32. The number of carboxylic acids is 1. The number of anilines is 1. The number of nitrogens with zero attached hydrogens (tertiary/aromatic N) is 1. The molecule has 0 aliphatic carbocycles. The average molecular weight is 428 g/mol. The number of sulfonamides is 1. The zero-order valence-corrected chi connectivity index (χ0v) is 17.0. The van der Waals surface area contributed by atoms with E-state index in [0.717, 1.165) is 15.6 Å². The Bertz CT molecular complexity index is 1160. The predicted molar refractivity (Wildman–Crippen MR) is 112 cm³/mol. The van der Waals surface area contributed by atoms with Crippen molar-refractivity contribution < 1.29 is 23.1 Å². The first-order chi connectivity index (χ1) is 13.9. The largest absolute Gasteiger partial charge is 0.497 e. The van der Waals surface area contributed by atoms with Crippen LogP contribution < -0.4 is 9.04 Å². The van der Waals surface area contributed by atoms with E-state index >= 15 is 0 Å². The zero-order valence-electron chi connectivity index (χ0n) is 15.4. The van der Waals surface area contributed by atoms with Crippen LogP contribution in [-0.4, -0.2) is 26.6 Å². The lowest BCUT2D eigenvalue weighted by molar-refractivity contribution is 0.0698. The maximum absolute atomic E-state index is 13.5. The van der Waals surface area contributed by atoms with Crippen molar-refractivity contribution in [1.29, 1.82) is 0 Å². The number of aromatic carboxylic acids is 1. The van der Waals surface area contributed by atoms with Gasteiger partial charge in [-0.3, -0.25) is 4.31 Å². The average Bonchev–Trinajstić information content (AvgIpc) is 3.16. The second-order valence-electron chi connectivity index (χ2n) is 5.95. The van der Waals surface area contributed by atoms with E-state index in [2.05, 4.69) is 5.92 Å². The fraction of sp³-hybridized carbons (Fsp3) is 0.0952. The summed E-state index contributed by atoms with van der Waals surface area (Å²) in [5.74, 6) is 1.66. The van der Waals surface area contributed by atoms with Crippen LogP contribution in [0.25, 0.3) is 0 Å². The molecule has 0 saturated carbocycles. The molecule has 0 radical (unpaired) electrons. The van der Waals surface area contributed by atoms with Gasteiger partial charge in [0.2, 0.25) is 0 Å². The first-order valence-electron chi connectivity index (χ1n) is 8.40. The minimum Gasteiger partial charge on any atom is -0.497 e. The lowest BCUT2D eigenvalue weighted by atomic mass is 10.2. The molecule has 148 valence electrons. The third-order valence-corrected chi connectivity index (χ3v) is 6.85. The van der Waals surface area contributed by atoms with Crippen molar-refractivity contribution in [3.63, 3.8) is 0 Å². The van der Waals surface area contributed by atoms with E-state index in [9.17, 15) is 18.3 Å². The normalized spacial score (nSPS) is 10.9. The van der Waals surface area contributed by atoms with E-state index < -0.39 is 16.0 Å². The predicted octanol–water partition coefficient (Wildman–Crippen LogP) is 3.83. The third kappa shape index (κ3) is 4.11. The molecular formula is C21H17NO5S2. The molecule has 0 amide bonds. The van der Waals surface area contributed by atoms with E-state index in [1.54, 1.807) is 24.3 Å². The second kappa shape index (κ2) is 8.39. The van der Waals surface area contributed by atoms with Gasteiger partial charge in [-0.15, -0.1) is 17.8 Å². The van der Waals surface area contributed by atoms with Crippen LogP contribution in [0.3, 0.4) is 0 Å². The van der Waals surface area contributed by atoms with Crippen molar-refractivity contribution in [3.8, 4) is 18.1 Å². The summed E-state index contributed by atoms with van der Waals surface area (Å²) in [5, 5.41) is 10.9. The highest BCUT2D eigenvalue weighted by atomic mass is 32.2. The van der Waals surface area contributed by atoms with Crippen LogP contribution in [0.15, 0.2) is 64.9 Å².